The van der Waals surface area contributed by atoms with Crippen molar-refractivity contribution in [3.63, 3.8) is 0 Å². The number of carboxylic acids is 1. The van der Waals surface area contributed by atoms with Crippen LogP contribution in [0.1, 0.15) is 150 Å². The van der Waals surface area contributed by atoms with Crippen molar-refractivity contribution < 1.29 is 20.9 Å². The van der Waals surface area contributed by atoms with Crippen molar-refractivity contribution in [1.82, 2.24) is 24.8 Å². The third kappa shape index (κ3) is 11.8. The van der Waals surface area contributed by atoms with Gasteiger partial charge in [-0.2, -0.15) is 0 Å². The number of nitrogens with zero attached hydrogens (tertiary/aromatic N) is 4. The van der Waals surface area contributed by atoms with E-state index in [2.05, 4.69) is 56.7 Å². The van der Waals surface area contributed by atoms with Gasteiger partial charge < -0.3 is 16.2 Å². The van der Waals surface area contributed by atoms with Gasteiger partial charge in [-0.1, -0.05) is 93.8 Å². The molecule has 10 nitrogen and oxygen atoms in total. The molecule has 12 bridgehead atoms. The van der Waals surface area contributed by atoms with E-state index < -0.39 is 11.4 Å². The predicted octanol–water partition coefficient (Wildman–Crippen LogP) is 15.5. The number of amides is 1. The normalized spacial score (nSPS) is 33.7. The Morgan fingerprint density at radius 3 is 1.27 bits per heavy atom. The molecule has 14 heteroatoms. The molecule has 3 aromatic carbocycles. The first-order valence-corrected chi connectivity index (χ1v) is 31.8. The number of nitrogens with one attached hydrogen (secondary N) is 1. The van der Waals surface area contributed by atoms with E-state index in [0.29, 0.717) is 53.5 Å². The molecule has 12 saturated carbocycles. The number of hydrogen-bond donors (Lipinski definition) is 3. The Bertz CT molecular complexity index is 3130. The number of nitrogens with two attached hydrogens (primary N) is 1. The average Bonchev–Trinajstić information content (AvgIpc) is 2.17. The minimum atomic E-state index is -0.565. The highest BCUT2D eigenvalue weighted by molar-refractivity contribution is 14.1. The number of carboxylic acid groups (broad SMARTS) is 1. The van der Waals surface area contributed by atoms with Crippen LogP contribution in [0.25, 0.3) is 0 Å². The molecule has 6 unspecified atom stereocenters. The number of aromatic nitrogens is 4. The lowest BCUT2D eigenvalue weighted by molar-refractivity contribution is -0.167. The van der Waals surface area contributed by atoms with Crippen molar-refractivity contribution in [3.05, 3.63) is 183 Å². The van der Waals surface area contributed by atoms with E-state index >= 15 is 0 Å². The van der Waals surface area contributed by atoms with Gasteiger partial charge in [-0.15, -0.1) is 0 Å². The van der Waals surface area contributed by atoms with Crippen LogP contribution < -0.4 is 11.1 Å². The third-order valence-corrected chi connectivity index (χ3v) is 21.6. The fourth-order valence-corrected chi connectivity index (χ4v) is 19.4. The van der Waals surface area contributed by atoms with E-state index in [9.17, 15) is 19.5 Å². The Morgan fingerprint density at radius 2 is 0.914 bits per heavy atom. The number of rotatable bonds is 9. The molecule has 426 valence electrons. The van der Waals surface area contributed by atoms with Crippen molar-refractivity contribution >= 4 is 75.2 Å². The molecule has 6 aromatic rings. The summed E-state index contributed by atoms with van der Waals surface area (Å²) in [6.45, 7) is 1.19. The van der Waals surface area contributed by atoms with Crippen molar-refractivity contribution in [2.24, 2.45) is 57.5 Å². The maximum Gasteiger partial charge on any atom is 0.309 e. The molecular weight excluding hydrogens is 1190 g/mol. The van der Waals surface area contributed by atoms with Crippen LogP contribution in [0.5, 0.6) is 0 Å². The molecule has 12 aliphatic carbocycles. The smallest absolute Gasteiger partial charge is 0.309 e. The van der Waals surface area contributed by atoms with Gasteiger partial charge in [0.1, 0.15) is 6.33 Å². The van der Waals surface area contributed by atoms with Crippen molar-refractivity contribution in [2.45, 2.75) is 145 Å². The van der Waals surface area contributed by atoms with Crippen LogP contribution in [0.3, 0.4) is 0 Å². The first kappa shape index (κ1) is 56.8. The molecule has 12 aliphatic rings. The minimum absolute atomic E-state index is 0.0903. The lowest BCUT2D eigenvalue weighted by atomic mass is 9.42. The van der Waals surface area contributed by atoms with Gasteiger partial charge in [0.15, 0.2) is 0 Å². The number of alkyl halides is 1. The Kier molecular flexibility index (Phi) is 16.7. The lowest BCUT2D eigenvalue weighted by Gasteiger charge is -2.61. The van der Waals surface area contributed by atoms with E-state index in [1.54, 1.807) is 48.1 Å². The topological polar surface area (TPSA) is 153 Å². The molecule has 12 fully saturated rings. The zero-order valence-corrected chi connectivity index (χ0v) is 50.6. The van der Waals surface area contributed by atoms with Crippen LogP contribution >= 0.6 is 57.4 Å². The fourth-order valence-electron chi connectivity index (χ4n) is 19.0. The molecule has 81 heavy (non-hydrogen) atoms. The lowest BCUT2D eigenvalue weighted by Crippen LogP contribution is -2.59. The Hall–Kier alpha value is -4.66. The van der Waals surface area contributed by atoms with Crippen LogP contribution in [-0.2, 0) is 38.9 Å². The first-order valence-electron chi connectivity index (χ1n) is 29.9. The SMILES string of the molecule is NCc1ccncc1.O=C(NCc1ccncc1)C12CC3CC(C1)CC(c1ccc(Cl)cc1)(C3)C2.O=C(O)C12CC3CC(C1)CC(c1ccc(Cl)cc1)(C3)C2.O=C(n1ccnc1)C12CC3CC(C1)CC(c1ccc(Cl)cc1)(C3)C2.[2H]CI. The quantitative estimate of drug-likeness (QED) is 0.0955. The largest absolute Gasteiger partial charge is 0.481 e. The van der Waals surface area contributed by atoms with E-state index in [1.807, 2.05) is 83.3 Å². The predicted molar refractivity (Wildman–Crippen MR) is 329 cm³/mol. The molecule has 18 rings (SSSR count). The molecule has 0 saturated heterocycles. The minimum Gasteiger partial charge on any atom is -0.481 e. The molecular formula is C67H76Cl3IN6O4. The Labute approximate surface area is 508 Å². The summed E-state index contributed by atoms with van der Waals surface area (Å²) in [5.74, 6) is 3.85. The van der Waals surface area contributed by atoms with Gasteiger partial charge in [0, 0.05) is 66.7 Å². The van der Waals surface area contributed by atoms with Crippen LogP contribution in [0, 0.1) is 51.8 Å². The molecule has 0 radical (unpaired) electrons. The second-order valence-electron chi connectivity index (χ2n) is 26.3. The van der Waals surface area contributed by atoms with E-state index in [-0.39, 0.29) is 38.9 Å². The zero-order chi connectivity index (χ0) is 57.3. The summed E-state index contributed by atoms with van der Waals surface area (Å²) in [4.78, 5) is 50.9. The monoisotopic (exact) mass is 1260 g/mol. The maximum atomic E-state index is 13.3. The van der Waals surface area contributed by atoms with Gasteiger partial charge in [-0.3, -0.25) is 28.9 Å². The van der Waals surface area contributed by atoms with Gasteiger partial charge in [0.05, 0.1) is 16.2 Å². The Balaban J connectivity index is 0.000000119. The molecule has 3 aromatic heterocycles. The number of carbonyl (C=O) groups is 3. The third-order valence-electron chi connectivity index (χ3n) is 20.9. The van der Waals surface area contributed by atoms with Gasteiger partial charge in [0.2, 0.25) is 11.8 Å². The number of halogens is 4. The summed E-state index contributed by atoms with van der Waals surface area (Å²) >= 11 is 20.2. The molecule has 1 amide bonds. The number of imidazole rings is 1. The average molecular weight is 1260 g/mol. The molecule has 4 N–H and O–H groups in total. The fraction of sp³-hybridized carbons (Fsp3) is 0.493. The highest BCUT2D eigenvalue weighted by Crippen LogP contribution is 2.68. The molecule has 0 aliphatic heterocycles. The summed E-state index contributed by atoms with van der Waals surface area (Å²) in [5, 5.41) is 15.3. The van der Waals surface area contributed by atoms with Crippen molar-refractivity contribution in [2.75, 3.05) is 4.91 Å². The number of carbonyl (C=O) groups excluding carboxylic acids is 2. The molecule has 3 heterocycles. The molecule has 0 spiro atoms. The highest BCUT2D eigenvalue weighted by Gasteiger charge is 2.64. The van der Waals surface area contributed by atoms with Gasteiger partial charge in [-0.25, -0.2) is 4.98 Å². The first-order chi connectivity index (χ1) is 39.5. The number of benzene rings is 3. The van der Waals surface area contributed by atoms with Crippen LogP contribution in [0.15, 0.2) is 141 Å². The standard InChI is InChI=1S/C23H25ClN2O.C20H21ClN2O.C17H19ClO2.C6H8N2.CH3I/c24-20-3-1-19(2-4-20)22-10-17-9-18(11-22)13-23(12-17,15-22)21(27)26-14-16-5-7-25-8-6-16;21-17-3-1-16(2-4-17)19-8-14-7-15(9-19)11-20(10-14,12-19)18(24)23-6-5-22-13-23;18-14-3-1-13(2-4-14)16-6-11-5-12(7-16)9-17(8-11,10-16)15(19)20;7-5-6-1-3-8-4-2-6;1-2/h1-8,17-18H,9-15H2,(H,26,27);1-6,13-15H,7-12H2;1-4,11-12H,5-10H2,(H,19,20);1-4H,5,7H2;1H3/i;;;;1D. The summed E-state index contributed by atoms with van der Waals surface area (Å²) < 4.78 is 7.91. The summed E-state index contributed by atoms with van der Waals surface area (Å²) in [6, 6.07) is 32.6. The van der Waals surface area contributed by atoms with Gasteiger partial charge in [-0.05, 0) is 261 Å². The summed E-state index contributed by atoms with van der Waals surface area (Å²) in [5.41, 5.74) is 11.2. The summed E-state index contributed by atoms with van der Waals surface area (Å²) in [7, 11) is 0. The van der Waals surface area contributed by atoms with Crippen LogP contribution in [0.2, 0.25) is 15.1 Å². The van der Waals surface area contributed by atoms with E-state index in [4.69, 9.17) is 41.9 Å². The number of hydrogen-bond acceptors (Lipinski definition) is 7. The number of pyridine rings is 2. The summed E-state index contributed by atoms with van der Waals surface area (Å²) in [6.07, 6.45) is 32.1. The maximum absolute atomic E-state index is 13.3. The highest BCUT2D eigenvalue weighted by atomic mass is 127. The number of aliphatic carboxylic acids is 1. The second-order valence-corrected chi connectivity index (χ2v) is 27.6. The van der Waals surface area contributed by atoms with Crippen molar-refractivity contribution in [1.29, 1.82) is 0 Å². The molecule has 6 atom stereocenters. The van der Waals surface area contributed by atoms with E-state index in [0.717, 1.165) is 84.0 Å². The second kappa shape index (κ2) is 23.8. The zero-order valence-electron chi connectivity index (χ0n) is 47.1. The van der Waals surface area contributed by atoms with Crippen molar-refractivity contribution in [3.8, 4) is 0 Å². The van der Waals surface area contributed by atoms with E-state index in [1.165, 1.54) is 74.5 Å². The van der Waals surface area contributed by atoms with Crippen LogP contribution in [-0.4, -0.2) is 47.3 Å². The Morgan fingerprint density at radius 1 is 0.556 bits per heavy atom. The van der Waals surface area contributed by atoms with Crippen LogP contribution in [0.4, 0.5) is 0 Å². The van der Waals surface area contributed by atoms with Gasteiger partial charge in [0.25, 0.3) is 0 Å². The van der Waals surface area contributed by atoms with Gasteiger partial charge >= 0.3 is 5.97 Å².